The fourth-order valence-corrected chi connectivity index (χ4v) is 5.12. The van der Waals surface area contributed by atoms with Gasteiger partial charge < -0.3 is 20.3 Å². The van der Waals surface area contributed by atoms with Gasteiger partial charge >= 0.3 is 11.8 Å². The Morgan fingerprint density at radius 2 is 1.86 bits per heavy atom. The number of hydrogen-bond acceptors (Lipinski definition) is 6. The van der Waals surface area contributed by atoms with Crippen LogP contribution in [-0.4, -0.2) is 69.1 Å². The molecule has 3 rings (SSSR count). The number of carbonyl (C=O) groups is 3. The average Bonchev–Trinajstić information content (AvgIpc) is 3.38. The van der Waals surface area contributed by atoms with Crippen molar-refractivity contribution in [3.05, 3.63) is 24.3 Å². The molecule has 2 aliphatic heterocycles. The molecule has 1 unspecified atom stereocenters. The van der Waals surface area contributed by atoms with Crippen LogP contribution >= 0.6 is 0 Å². The molecule has 1 aromatic rings. The molecule has 10 heteroatoms. The largest absolute Gasteiger partial charge is 0.377 e. The summed E-state index contributed by atoms with van der Waals surface area (Å²) in [6.07, 6.45) is 2.45. The second-order valence-corrected chi connectivity index (χ2v) is 9.20. The Hall–Kier alpha value is -2.46. The molecule has 2 heterocycles. The number of sulfone groups is 1. The molecule has 29 heavy (non-hydrogen) atoms. The molecular formula is C19H25N3O6S. The van der Waals surface area contributed by atoms with Gasteiger partial charge in [-0.2, -0.15) is 0 Å². The van der Waals surface area contributed by atoms with E-state index in [-0.39, 0.29) is 22.7 Å². The minimum atomic E-state index is -3.50. The molecule has 2 atom stereocenters. The predicted octanol–water partition coefficient (Wildman–Crippen LogP) is 0.315. The Labute approximate surface area is 169 Å². The Kier molecular flexibility index (Phi) is 6.53. The number of likely N-dealkylation sites (tertiary alicyclic amines) is 1. The Balaban J connectivity index is 1.62. The van der Waals surface area contributed by atoms with Crippen LogP contribution in [-0.2, 0) is 29.0 Å². The molecule has 0 aromatic heterocycles. The Bertz CT molecular complexity index is 878. The lowest BCUT2D eigenvalue weighted by Crippen LogP contribution is -2.48. The summed E-state index contributed by atoms with van der Waals surface area (Å²) in [6.45, 7) is 0.918. The van der Waals surface area contributed by atoms with Crippen LogP contribution in [0.5, 0.6) is 0 Å². The standard InChI is InChI=1S/C19H25N3O6S/c1-20-17(23)16-5-2-10-22(16)19(25)18(24)21-13-6-8-15(9-7-13)29(26,27)12-14-4-3-11-28-14/h6-9,14,16H,2-5,10-12H2,1H3,(H,20,23)(H,21,24)/t14?,16-/m0/s1. The minimum absolute atomic E-state index is 0.0764. The van der Waals surface area contributed by atoms with Crippen molar-refractivity contribution in [1.29, 1.82) is 0 Å². The molecule has 9 nitrogen and oxygen atoms in total. The summed E-state index contributed by atoms with van der Waals surface area (Å²) >= 11 is 0. The first-order chi connectivity index (χ1) is 13.8. The summed E-state index contributed by atoms with van der Waals surface area (Å²) in [5.41, 5.74) is 0.301. The number of carbonyl (C=O) groups excluding carboxylic acids is 3. The van der Waals surface area contributed by atoms with Gasteiger partial charge in [0.15, 0.2) is 9.84 Å². The Morgan fingerprint density at radius 3 is 2.48 bits per heavy atom. The second kappa shape index (κ2) is 8.91. The van der Waals surface area contributed by atoms with Gasteiger partial charge in [-0.25, -0.2) is 8.42 Å². The van der Waals surface area contributed by atoms with Crippen molar-refractivity contribution in [2.24, 2.45) is 0 Å². The zero-order valence-electron chi connectivity index (χ0n) is 16.2. The fourth-order valence-electron chi connectivity index (χ4n) is 3.63. The van der Waals surface area contributed by atoms with E-state index in [1.807, 2.05) is 0 Å². The van der Waals surface area contributed by atoms with Crippen LogP contribution in [0, 0.1) is 0 Å². The first-order valence-electron chi connectivity index (χ1n) is 9.60. The zero-order chi connectivity index (χ0) is 21.0. The molecule has 1 aromatic carbocycles. The van der Waals surface area contributed by atoms with Crippen LogP contribution in [0.4, 0.5) is 5.69 Å². The van der Waals surface area contributed by atoms with Gasteiger partial charge in [0.1, 0.15) is 6.04 Å². The van der Waals surface area contributed by atoms with Crippen LogP contribution in [0.1, 0.15) is 25.7 Å². The summed E-state index contributed by atoms with van der Waals surface area (Å²) < 4.78 is 30.3. The fraction of sp³-hybridized carbons (Fsp3) is 0.526. The van der Waals surface area contributed by atoms with Gasteiger partial charge in [0.2, 0.25) is 5.91 Å². The first-order valence-corrected chi connectivity index (χ1v) is 11.2. The zero-order valence-corrected chi connectivity index (χ0v) is 17.0. The molecule has 158 valence electrons. The van der Waals surface area contributed by atoms with E-state index in [4.69, 9.17) is 4.74 Å². The highest BCUT2D eigenvalue weighted by Gasteiger charge is 2.36. The quantitative estimate of drug-likeness (QED) is 0.658. The van der Waals surface area contributed by atoms with E-state index < -0.39 is 27.7 Å². The van der Waals surface area contributed by atoms with E-state index in [1.165, 1.54) is 36.2 Å². The van der Waals surface area contributed by atoms with Crippen LogP contribution in [0.15, 0.2) is 29.2 Å². The number of rotatable bonds is 5. The topological polar surface area (TPSA) is 122 Å². The lowest BCUT2D eigenvalue weighted by atomic mass is 10.2. The normalized spacial score (nSPS) is 21.8. The van der Waals surface area contributed by atoms with Gasteiger partial charge in [-0.1, -0.05) is 0 Å². The van der Waals surface area contributed by atoms with Crippen molar-refractivity contribution in [3.63, 3.8) is 0 Å². The van der Waals surface area contributed by atoms with Crippen molar-refractivity contribution < 1.29 is 27.5 Å². The highest BCUT2D eigenvalue weighted by atomic mass is 32.2. The number of nitrogens with one attached hydrogen (secondary N) is 2. The lowest BCUT2D eigenvalue weighted by molar-refractivity contribution is -0.146. The van der Waals surface area contributed by atoms with Gasteiger partial charge in [0, 0.05) is 25.9 Å². The maximum absolute atomic E-state index is 12.5. The maximum atomic E-state index is 12.5. The summed E-state index contributed by atoms with van der Waals surface area (Å²) in [6, 6.07) is 5.02. The van der Waals surface area contributed by atoms with Crippen molar-refractivity contribution in [2.45, 2.75) is 42.7 Å². The highest BCUT2D eigenvalue weighted by Crippen LogP contribution is 2.21. The number of hydrogen-bond donors (Lipinski definition) is 2. The molecule has 2 fully saturated rings. The molecule has 0 radical (unpaired) electrons. The van der Waals surface area contributed by atoms with Gasteiger partial charge in [-0.05, 0) is 49.9 Å². The SMILES string of the molecule is CNC(=O)[C@@H]1CCCN1C(=O)C(=O)Nc1ccc(S(=O)(=O)CC2CCCO2)cc1. The number of likely N-dealkylation sites (N-methyl/N-ethyl adjacent to an activating group) is 1. The van der Waals surface area contributed by atoms with Gasteiger partial charge in [-0.3, -0.25) is 14.4 Å². The number of nitrogens with zero attached hydrogens (tertiary/aromatic N) is 1. The van der Waals surface area contributed by atoms with E-state index in [9.17, 15) is 22.8 Å². The molecule has 0 aliphatic carbocycles. The molecule has 2 N–H and O–H groups in total. The third-order valence-electron chi connectivity index (χ3n) is 5.16. The van der Waals surface area contributed by atoms with Gasteiger partial charge in [-0.15, -0.1) is 0 Å². The van der Waals surface area contributed by atoms with Crippen LogP contribution in [0.2, 0.25) is 0 Å². The van der Waals surface area contributed by atoms with E-state index in [0.717, 1.165) is 12.8 Å². The van der Waals surface area contributed by atoms with E-state index in [0.29, 0.717) is 31.7 Å². The first kappa shape index (κ1) is 21.3. The Morgan fingerprint density at radius 1 is 1.14 bits per heavy atom. The second-order valence-electron chi connectivity index (χ2n) is 7.17. The minimum Gasteiger partial charge on any atom is -0.377 e. The molecule has 3 amide bonds. The number of anilines is 1. The average molecular weight is 423 g/mol. The predicted molar refractivity (Wildman–Crippen MR) is 105 cm³/mol. The van der Waals surface area contributed by atoms with Gasteiger partial charge in [0.25, 0.3) is 0 Å². The highest BCUT2D eigenvalue weighted by molar-refractivity contribution is 7.91. The summed E-state index contributed by atoms with van der Waals surface area (Å²) in [4.78, 5) is 38.0. The molecule has 2 aliphatic rings. The van der Waals surface area contributed by atoms with Crippen molar-refractivity contribution >= 4 is 33.2 Å². The summed E-state index contributed by atoms with van der Waals surface area (Å²) in [5, 5.41) is 4.96. The third kappa shape index (κ3) is 4.94. The number of ether oxygens (including phenoxy) is 1. The smallest absolute Gasteiger partial charge is 0.313 e. The third-order valence-corrected chi connectivity index (χ3v) is 6.96. The van der Waals surface area contributed by atoms with Crippen LogP contribution in [0.25, 0.3) is 0 Å². The van der Waals surface area contributed by atoms with E-state index in [1.54, 1.807) is 0 Å². The monoisotopic (exact) mass is 423 g/mol. The van der Waals surface area contributed by atoms with Crippen molar-refractivity contribution in [3.8, 4) is 0 Å². The van der Waals surface area contributed by atoms with Crippen LogP contribution < -0.4 is 10.6 Å². The van der Waals surface area contributed by atoms with Gasteiger partial charge in [0.05, 0.1) is 16.8 Å². The van der Waals surface area contributed by atoms with E-state index in [2.05, 4.69) is 10.6 Å². The summed E-state index contributed by atoms with van der Waals surface area (Å²) in [5.74, 6) is -2.03. The number of amides is 3. The van der Waals surface area contributed by atoms with Crippen LogP contribution in [0.3, 0.4) is 0 Å². The van der Waals surface area contributed by atoms with E-state index >= 15 is 0 Å². The summed E-state index contributed by atoms with van der Waals surface area (Å²) in [7, 11) is -2.01. The van der Waals surface area contributed by atoms with Crippen molar-refractivity contribution in [1.82, 2.24) is 10.2 Å². The van der Waals surface area contributed by atoms with Crippen molar-refractivity contribution in [2.75, 3.05) is 31.3 Å². The molecule has 2 saturated heterocycles. The maximum Gasteiger partial charge on any atom is 0.313 e. The molecular weight excluding hydrogens is 398 g/mol. The lowest BCUT2D eigenvalue weighted by Gasteiger charge is -2.22. The molecule has 0 bridgehead atoms. The number of benzene rings is 1. The molecule has 0 spiro atoms. The molecule has 0 saturated carbocycles.